The summed E-state index contributed by atoms with van der Waals surface area (Å²) in [5, 5.41) is 0. The maximum Gasteiger partial charge on any atom is 0.231 e. The van der Waals surface area contributed by atoms with E-state index in [9.17, 15) is 4.79 Å². The molecule has 0 saturated heterocycles. The number of rotatable bonds is 4. The van der Waals surface area contributed by atoms with Gasteiger partial charge in [-0.3, -0.25) is 4.79 Å². The smallest absolute Gasteiger partial charge is 0.231 e. The second-order valence-electron chi connectivity index (χ2n) is 4.50. The Kier molecular flexibility index (Phi) is 3.33. The third-order valence-electron chi connectivity index (χ3n) is 2.81. The molecule has 1 heterocycles. The zero-order valence-electron chi connectivity index (χ0n) is 10.4. The third-order valence-corrected chi connectivity index (χ3v) is 2.81. The summed E-state index contributed by atoms with van der Waals surface area (Å²) in [4.78, 5) is 14.0. The molecule has 92 valence electrons. The highest BCUT2D eigenvalue weighted by Gasteiger charge is 2.18. The molecule has 0 spiro atoms. The minimum absolute atomic E-state index is 0.148. The SMILES string of the molecule is Cc1cc2c(cc1C(=O)CCN(C)C)OCO2. The molecule has 4 nitrogen and oxygen atoms in total. The molecule has 0 unspecified atom stereocenters. The summed E-state index contributed by atoms with van der Waals surface area (Å²) < 4.78 is 10.6. The Labute approximate surface area is 101 Å². The lowest BCUT2D eigenvalue weighted by molar-refractivity contribution is 0.0971. The number of fused-ring (bicyclic) bond motifs is 1. The fourth-order valence-electron chi connectivity index (χ4n) is 1.80. The Morgan fingerprint density at radius 1 is 1.29 bits per heavy atom. The van der Waals surface area contributed by atoms with Crippen molar-refractivity contribution in [3.05, 3.63) is 23.3 Å². The predicted octanol–water partition coefficient (Wildman–Crippen LogP) is 1.86. The molecule has 0 aliphatic carbocycles. The van der Waals surface area contributed by atoms with Crippen LogP contribution in [0.2, 0.25) is 0 Å². The van der Waals surface area contributed by atoms with Gasteiger partial charge in [0.05, 0.1) is 0 Å². The maximum atomic E-state index is 12.0. The number of carbonyl (C=O) groups is 1. The molecule has 4 heteroatoms. The van der Waals surface area contributed by atoms with Crippen molar-refractivity contribution < 1.29 is 14.3 Å². The van der Waals surface area contributed by atoms with Crippen LogP contribution in [0.1, 0.15) is 22.3 Å². The summed E-state index contributed by atoms with van der Waals surface area (Å²) >= 11 is 0. The summed E-state index contributed by atoms with van der Waals surface area (Å²) in [6.07, 6.45) is 0.521. The van der Waals surface area contributed by atoms with E-state index in [4.69, 9.17) is 9.47 Å². The second kappa shape index (κ2) is 4.75. The monoisotopic (exact) mass is 235 g/mol. The average Bonchev–Trinajstić information content (AvgIpc) is 2.71. The molecule has 1 aromatic rings. The summed E-state index contributed by atoms with van der Waals surface area (Å²) in [6.45, 7) is 2.92. The van der Waals surface area contributed by atoms with Gasteiger partial charge in [0.1, 0.15) is 0 Å². The fourth-order valence-corrected chi connectivity index (χ4v) is 1.80. The molecule has 0 N–H and O–H groups in total. The number of carbonyl (C=O) groups excluding carboxylic acids is 1. The summed E-state index contributed by atoms with van der Waals surface area (Å²) in [5.41, 5.74) is 1.68. The lowest BCUT2D eigenvalue weighted by atomic mass is 10.0. The van der Waals surface area contributed by atoms with Crippen molar-refractivity contribution in [1.29, 1.82) is 0 Å². The molecular formula is C13H17NO3. The zero-order chi connectivity index (χ0) is 12.4. The molecule has 1 aliphatic rings. The predicted molar refractivity (Wildman–Crippen MR) is 64.8 cm³/mol. The minimum atomic E-state index is 0.148. The molecule has 1 aromatic carbocycles. The molecule has 2 rings (SSSR count). The lowest BCUT2D eigenvalue weighted by Crippen LogP contribution is -2.17. The van der Waals surface area contributed by atoms with Crippen molar-refractivity contribution >= 4 is 5.78 Å². The van der Waals surface area contributed by atoms with Gasteiger partial charge in [0.25, 0.3) is 0 Å². The molecule has 0 amide bonds. The zero-order valence-corrected chi connectivity index (χ0v) is 10.4. The van der Waals surface area contributed by atoms with Gasteiger partial charge in [0, 0.05) is 18.5 Å². The largest absolute Gasteiger partial charge is 0.454 e. The van der Waals surface area contributed by atoms with Gasteiger partial charge >= 0.3 is 0 Å². The third kappa shape index (κ3) is 2.58. The van der Waals surface area contributed by atoms with Crippen LogP contribution in [-0.4, -0.2) is 38.1 Å². The van der Waals surface area contributed by atoms with Crippen LogP contribution in [0.5, 0.6) is 11.5 Å². The van der Waals surface area contributed by atoms with Gasteiger partial charge in [-0.1, -0.05) is 0 Å². The van der Waals surface area contributed by atoms with E-state index in [0.717, 1.165) is 23.4 Å². The van der Waals surface area contributed by atoms with Gasteiger partial charge in [-0.2, -0.15) is 0 Å². The molecule has 0 bridgehead atoms. The van der Waals surface area contributed by atoms with Crippen LogP contribution >= 0.6 is 0 Å². The maximum absolute atomic E-state index is 12.0. The van der Waals surface area contributed by atoms with Crippen molar-refractivity contribution in [2.45, 2.75) is 13.3 Å². The first-order chi connectivity index (χ1) is 8.08. The Morgan fingerprint density at radius 3 is 2.59 bits per heavy atom. The van der Waals surface area contributed by atoms with Crippen LogP contribution in [0.25, 0.3) is 0 Å². The highest BCUT2D eigenvalue weighted by molar-refractivity contribution is 5.98. The van der Waals surface area contributed by atoms with Crippen molar-refractivity contribution in [3.63, 3.8) is 0 Å². The van der Waals surface area contributed by atoms with Crippen LogP contribution in [-0.2, 0) is 0 Å². The number of hydrogen-bond donors (Lipinski definition) is 0. The topological polar surface area (TPSA) is 38.8 Å². The Bertz CT molecular complexity index is 441. The van der Waals surface area contributed by atoms with Crippen molar-refractivity contribution in [1.82, 2.24) is 4.90 Å². The van der Waals surface area contributed by atoms with Crippen LogP contribution in [0.4, 0.5) is 0 Å². The van der Waals surface area contributed by atoms with E-state index < -0.39 is 0 Å². The van der Waals surface area contributed by atoms with Gasteiger partial charge < -0.3 is 14.4 Å². The van der Waals surface area contributed by atoms with Gasteiger partial charge in [-0.05, 0) is 38.7 Å². The van der Waals surface area contributed by atoms with Crippen LogP contribution in [0, 0.1) is 6.92 Å². The van der Waals surface area contributed by atoms with Crippen molar-refractivity contribution in [2.75, 3.05) is 27.4 Å². The number of hydrogen-bond acceptors (Lipinski definition) is 4. The van der Waals surface area contributed by atoms with E-state index in [-0.39, 0.29) is 12.6 Å². The molecule has 0 fully saturated rings. The van der Waals surface area contributed by atoms with Gasteiger partial charge in [-0.15, -0.1) is 0 Å². The molecule has 1 aliphatic heterocycles. The van der Waals surface area contributed by atoms with E-state index in [1.807, 2.05) is 32.0 Å². The number of benzene rings is 1. The molecule has 0 radical (unpaired) electrons. The number of ether oxygens (including phenoxy) is 2. The van der Waals surface area contributed by atoms with Crippen molar-refractivity contribution in [3.8, 4) is 11.5 Å². The van der Waals surface area contributed by atoms with E-state index in [1.54, 1.807) is 6.07 Å². The second-order valence-corrected chi connectivity index (χ2v) is 4.50. The van der Waals surface area contributed by atoms with Crippen molar-refractivity contribution in [2.24, 2.45) is 0 Å². The molecule has 0 aromatic heterocycles. The van der Waals surface area contributed by atoms with E-state index in [1.165, 1.54) is 0 Å². The average molecular weight is 235 g/mol. The summed E-state index contributed by atoms with van der Waals surface area (Å²) in [6, 6.07) is 3.65. The highest BCUT2D eigenvalue weighted by atomic mass is 16.7. The Hall–Kier alpha value is -1.55. The van der Waals surface area contributed by atoms with Crippen LogP contribution < -0.4 is 9.47 Å². The van der Waals surface area contributed by atoms with Gasteiger partial charge in [-0.25, -0.2) is 0 Å². The normalized spacial score (nSPS) is 13.2. The van der Waals surface area contributed by atoms with E-state index >= 15 is 0 Å². The van der Waals surface area contributed by atoms with E-state index in [0.29, 0.717) is 12.2 Å². The summed E-state index contributed by atoms with van der Waals surface area (Å²) in [5.74, 6) is 1.55. The molecular weight excluding hydrogens is 218 g/mol. The standard InChI is InChI=1S/C13H17NO3/c1-9-6-12-13(17-8-16-12)7-10(9)11(15)4-5-14(2)3/h6-7H,4-5,8H2,1-3H3. The lowest BCUT2D eigenvalue weighted by Gasteiger charge is -2.10. The van der Waals surface area contributed by atoms with Gasteiger partial charge in [0.2, 0.25) is 6.79 Å². The summed E-state index contributed by atoms with van der Waals surface area (Å²) in [7, 11) is 3.92. The number of nitrogens with zero attached hydrogens (tertiary/aromatic N) is 1. The number of Topliss-reactive ketones (excluding diaryl/α,β-unsaturated/α-hetero) is 1. The minimum Gasteiger partial charge on any atom is -0.454 e. The van der Waals surface area contributed by atoms with Crippen LogP contribution in [0.3, 0.4) is 0 Å². The quantitative estimate of drug-likeness (QED) is 0.747. The Balaban J connectivity index is 2.18. The first-order valence-corrected chi connectivity index (χ1v) is 5.66. The fraction of sp³-hybridized carbons (Fsp3) is 0.462. The highest BCUT2D eigenvalue weighted by Crippen LogP contribution is 2.34. The number of ketones is 1. The number of aryl methyl sites for hydroxylation is 1. The Morgan fingerprint density at radius 2 is 1.94 bits per heavy atom. The first-order valence-electron chi connectivity index (χ1n) is 5.66. The molecule has 0 atom stereocenters. The van der Waals surface area contributed by atoms with Crippen LogP contribution in [0.15, 0.2) is 12.1 Å². The van der Waals surface area contributed by atoms with E-state index in [2.05, 4.69) is 0 Å². The van der Waals surface area contributed by atoms with Gasteiger partial charge in [0.15, 0.2) is 17.3 Å². The molecule has 17 heavy (non-hydrogen) atoms. The first kappa shape index (κ1) is 11.9. The molecule has 0 saturated carbocycles.